The Labute approximate surface area is 197 Å². The van der Waals surface area contributed by atoms with Gasteiger partial charge < -0.3 is 20.8 Å². The van der Waals surface area contributed by atoms with Gasteiger partial charge in [-0.15, -0.1) is 0 Å². The maximum absolute atomic E-state index is 10.8. The third kappa shape index (κ3) is 5.10. The van der Waals surface area contributed by atoms with E-state index < -0.39 is 4.92 Å². The molecule has 3 heterocycles. The van der Waals surface area contributed by atoms with Crippen LogP contribution < -0.4 is 15.8 Å². The average molecular weight is 487 g/mol. The minimum Gasteiger partial charge on any atom is -0.462 e. The first-order valence-electron chi connectivity index (χ1n) is 9.51. The van der Waals surface area contributed by atoms with E-state index in [1.165, 1.54) is 12.1 Å². The highest BCUT2D eigenvalue weighted by atomic mass is 35.5. The number of hydrogen-bond acceptors (Lipinski definition) is 9. The normalized spacial score (nSPS) is 10.7. The number of aromatic amines is 1. The van der Waals surface area contributed by atoms with E-state index in [1.54, 1.807) is 36.9 Å². The molecule has 1 aromatic carbocycles. The second-order valence-electron chi connectivity index (χ2n) is 6.64. The Morgan fingerprint density at radius 3 is 2.70 bits per heavy atom. The monoisotopic (exact) mass is 486 g/mol. The van der Waals surface area contributed by atoms with Crippen molar-refractivity contribution in [2.45, 2.75) is 0 Å². The number of aromatic nitrogens is 5. The van der Waals surface area contributed by atoms with E-state index in [0.717, 1.165) is 0 Å². The van der Waals surface area contributed by atoms with E-state index in [4.69, 9.17) is 33.7 Å². The van der Waals surface area contributed by atoms with E-state index >= 15 is 0 Å². The summed E-state index contributed by atoms with van der Waals surface area (Å²) in [6.07, 6.45) is 4.82. The first-order chi connectivity index (χ1) is 15.9. The molecule has 0 spiro atoms. The molecule has 0 aliphatic rings. The molecule has 0 fully saturated rings. The van der Waals surface area contributed by atoms with Crippen molar-refractivity contribution < 1.29 is 9.66 Å². The standard InChI is InChI=1S/C20H16Cl2N8O3/c21-11-1-2-12(14(22)7-11)18-13(15-9-24-10-27-15)8-26-20(29-18)33-6-5-25-17-4-3-16(30(31)32)19(23)28-17/h1-4,7-10H,5-6H2,(H,24,27)(H3,23,25,28). The predicted molar refractivity (Wildman–Crippen MR) is 124 cm³/mol. The van der Waals surface area contributed by atoms with Crippen LogP contribution in [0.5, 0.6) is 6.01 Å². The van der Waals surface area contributed by atoms with Crippen molar-refractivity contribution in [3.63, 3.8) is 0 Å². The smallest absolute Gasteiger partial charge is 0.316 e. The molecule has 0 radical (unpaired) electrons. The van der Waals surface area contributed by atoms with Crippen LogP contribution in [0.3, 0.4) is 0 Å². The lowest BCUT2D eigenvalue weighted by Crippen LogP contribution is -2.14. The largest absolute Gasteiger partial charge is 0.462 e. The number of imidazole rings is 1. The summed E-state index contributed by atoms with van der Waals surface area (Å²) in [6, 6.07) is 8.00. The molecular weight excluding hydrogens is 471 g/mol. The van der Waals surface area contributed by atoms with Gasteiger partial charge in [0.1, 0.15) is 12.4 Å². The van der Waals surface area contributed by atoms with Crippen molar-refractivity contribution in [2.24, 2.45) is 0 Å². The number of hydrogen-bond donors (Lipinski definition) is 3. The average Bonchev–Trinajstić information content (AvgIpc) is 3.31. The fourth-order valence-corrected chi connectivity index (χ4v) is 3.46. The highest BCUT2D eigenvalue weighted by molar-refractivity contribution is 6.36. The predicted octanol–water partition coefficient (Wildman–Crippen LogP) is 4.22. The number of nitrogens with two attached hydrogens (primary N) is 1. The zero-order valence-corrected chi connectivity index (χ0v) is 18.3. The number of nitrogens with one attached hydrogen (secondary N) is 2. The van der Waals surface area contributed by atoms with Crippen LogP contribution >= 0.6 is 23.2 Å². The Bertz CT molecular complexity index is 1300. The van der Waals surface area contributed by atoms with Crippen LogP contribution in [0, 0.1) is 10.1 Å². The number of nitro groups is 1. The summed E-state index contributed by atoms with van der Waals surface area (Å²) in [5.74, 6) is 0.207. The maximum atomic E-state index is 10.8. The highest BCUT2D eigenvalue weighted by Crippen LogP contribution is 2.35. The molecule has 11 nitrogen and oxygen atoms in total. The molecule has 4 aromatic rings. The minimum absolute atomic E-state index is 0.136. The van der Waals surface area contributed by atoms with Crippen LogP contribution in [-0.4, -0.2) is 43.0 Å². The summed E-state index contributed by atoms with van der Waals surface area (Å²) in [4.78, 5) is 30.1. The van der Waals surface area contributed by atoms with Gasteiger partial charge in [-0.05, 0) is 24.3 Å². The lowest BCUT2D eigenvalue weighted by atomic mass is 10.1. The Morgan fingerprint density at radius 2 is 2.00 bits per heavy atom. The zero-order valence-electron chi connectivity index (χ0n) is 16.8. The van der Waals surface area contributed by atoms with Crippen molar-refractivity contribution in [3.05, 3.63) is 69.2 Å². The quantitative estimate of drug-likeness (QED) is 0.188. The van der Waals surface area contributed by atoms with Gasteiger partial charge in [0.05, 0.1) is 40.4 Å². The topological polar surface area (TPSA) is 158 Å². The number of H-pyrrole nitrogens is 1. The summed E-state index contributed by atoms with van der Waals surface area (Å²) >= 11 is 12.4. The van der Waals surface area contributed by atoms with E-state index in [2.05, 4.69) is 30.2 Å². The molecule has 0 amide bonds. The van der Waals surface area contributed by atoms with Crippen molar-refractivity contribution in [1.29, 1.82) is 0 Å². The van der Waals surface area contributed by atoms with Crippen molar-refractivity contribution in [2.75, 3.05) is 24.2 Å². The first kappa shape index (κ1) is 22.2. The van der Waals surface area contributed by atoms with Crippen molar-refractivity contribution >= 4 is 40.5 Å². The molecule has 168 valence electrons. The van der Waals surface area contributed by atoms with Gasteiger partial charge >= 0.3 is 11.7 Å². The van der Waals surface area contributed by atoms with Crippen molar-refractivity contribution in [1.82, 2.24) is 24.9 Å². The first-order valence-corrected chi connectivity index (χ1v) is 10.3. The van der Waals surface area contributed by atoms with Gasteiger partial charge in [-0.25, -0.2) is 15.0 Å². The molecule has 0 atom stereocenters. The van der Waals surface area contributed by atoms with Gasteiger partial charge in [0, 0.05) is 28.4 Å². The van der Waals surface area contributed by atoms with Crippen molar-refractivity contribution in [3.8, 4) is 28.5 Å². The number of rotatable bonds is 8. The van der Waals surface area contributed by atoms with Crippen LogP contribution in [0.25, 0.3) is 22.5 Å². The van der Waals surface area contributed by atoms with Gasteiger partial charge in [0.25, 0.3) is 0 Å². The number of pyridine rings is 1. The highest BCUT2D eigenvalue weighted by Gasteiger charge is 2.16. The fourth-order valence-electron chi connectivity index (χ4n) is 2.96. The number of nitrogen functional groups attached to an aromatic ring is 1. The lowest BCUT2D eigenvalue weighted by molar-refractivity contribution is -0.384. The molecule has 0 aliphatic heterocycles. The molecule has 0 unspecified atom stereocenters. The minimum atomic E-state index is -0.593. The second kappa shape index (κ2) is 9.67. The summed E-state index contributed by atoms with van der Waals surface area (Å²) in [7, 11) is 0. The molecule has 0 saturated heterocycles. The molecule has 4 N–H and O–H groups in total. The van der Waals surface area contributed by atoms with Crippen LogP contribution in [0.2, 0.25) is 10.0 Å². The third-order valence-corrected chi connectivity index (χ3v) is 5.03. The van der Waals surface area contributed by atoms with Crippen LogP contribution in [0.1, 0.15) is 0 Å². The van der Waals surface area contributed by atoms with Crippen LogP contribution in [-0.2, 0) is 0 Å². The third-order valence-electron chi connectivity index (χ3n) is 4.48. The SMILES string of the molecule is Nc1nc(NCCOc2ncc(-c3cnc[nH]3)c(-c3ccc(Cl)cc3Cl)n2)ccc1[N+](=O)[O-]. The molecule has 33 heavy (non-hydrogen) atoms. The van der Waals surface area contributed by atoms with Gasteiger partial charge in [-0.1, -0.05) is 23.2 Å². The molecule has 0 aliphatic carbocycles. The Hall–Kier alpha value is -3.96. The van der Waals surface area contributed by atoms with Gasteiger partial charge in [0.2, 0.25) is 5.82 Å². The van der Waals surface area contributed by atoms with Crippen LogP contribution in [0.4, 0.5) is 17.3 Å². The Morgan fingerprint density at radius 1 is 1.15 bits per heavy atom. The summed E-state index contributed by atoms with van der Waals surface area (Å²) in [5, 5.41) is 14.7. The molecule has 13 heteroatoms. The number of nitrogens with zero attached hydrogens (tertiary/aromatic N) is 5. The Kier molecular flexibility index (Phi) is 6.52. The zero-order chi connectivity index (χ0) is 23.4. The molecule has 3 aromatic heterocycles. The number of halogens is 2. The van der Waals surface area contributed by atoms with Gasteiger partial charge in [-0.3, -0.25) is 10.1 Å². The number of anilines is 2. The summed E-state index contributed by atoms with van der Waals surface area (Å²) in [6.45, 7) is 0.517. The maximum Gasteiger partial charge on any atom is 0.316 e. The molecular formula is C20H16Cl2N8O3. The van der Waals surface area contributed by atoms with E-state index in [-0.39, 0.29) is 24.1 Å². The van der Waals surface area contributed by atoms with Crippen LogP contribution in [0.15, 0.2) is 49.1 Å². The molecule has 0 bridgehead atoms. The molecule has 4 rings (SSSR count). The number of benzene rings is 1. The fraction of sp³-hybridized carbons (Fsp3) is 0.100. The van der Waals surface area contributed by atoms with E-state index in [1.807, 2.05) is 0 Å². The second-order valence-corrected chi connectivity index (χ2v) is 7.48. The van der Waals surface area contributed by atoms with E-state index in [9.17, 15) is 10.1 Å². The molecule has 0 saturated carbocycles. The van der Waals surface area contributed by atoms with Gasteiger partial charge in [-0.2, -0.15) is 4.98 Å². The number of ether oxygens (including phenoxy) is 1. The van der Waals surface area contributed by atoms with E-state index in [0.29, 0.717) is 44.9 Å². The summed E-state index contributed by atoms with van der Waals surface area (Å²) < 4.78 is 5.67. The lowest BCUT2D eigenvalue weighted by Gasteiger charge is -2.12. The van der Waals surface area contributed by atoms with Gasteiger partial charge in [0.15, 0.2) is 0 Å². The Balaban J connectivity index is 1.49. The summed E-state index contributed by atoms with van der Waals surface area (Å²) in [5.41, 5.74) is 7.94.